The molecule has 0 aliphatic rings. The summed E-state index contributed by atoms with van der Waals surface area (Å²) in [4.78, 5) is 18.7. The highest BCUT2D eigenvalue weighted by atomic mass is 35.5. The van der Waals surface area contributed by atoms with Gasteiger partial charge in [0.25, 0.3) is 0 Å². The van der Waals surface area contributed by atoms with Gasteiger partial charge in [0.1, 0.15) is 10.5 Å². The van der Waals surface area contributed by atoms with E-state index in [0.717, 1.165) is 11.3 Å². The maximum atomic E-state index is 11.2. The second-order valence-electron chi connectivity index (χ2n) is 2.46. The summed E-state index contributed by atoms with van der Waals surface area (Å²) in [5, 5.41) is 0.0541. The van der Waals surface area contributed by atoms with E-state index in [1.165, 1.54) is 4.57 Å². The van der Waals surface area contributed by atoms with Gasteiger partial charge in [0.2, 0.25) is 5.28 Å². The molecule has 2 rings (SSSR count). The van der Waals surface area contributed by atoms with E-state index in [0.29, 0.717) is 10.3 Å². The van der Waals surface area contributed by atoms with Gasteiger partial charge in [0.05, 0.1) is 0 Å². The first-order chi connectivity index (χ1) is 6.09. The number of thiazole rings is 1. The molecule has 0 radical (unpaired) electrons. The smallest absolute Gasteiger partial charge is 0.309 e. The fourth-order valence-corrected chi connectivity index (χ4v) is 1.99. The molecule has 2 aromatic heterocycles. The molecular weight excluding hydrogens is 212 g/mol. The minimum atomic E-state index is -0.127. The number of nitrogens with zero attached hydrogens (tertiary/aromatic N) is 3. The number of aromatic nitrogens is 3. The van der Waals surface area contributed by atoms with Crippen LogP contribution >= 0.6 is 22.9 Å². The largest absolute Gasteiger partial charge is 0.382 e. The Labute approximate surface area is 81.8 Å². The van der Waals surface area contributed by atoms with Gasteiger partial charge in [-0.1, -0.05) is 11.3 Å². The van der Waals surface area contributed by atoms with Crippen LogP contribution in [0.4, 0.5) is 5.82 Å². The van der Waals surface area contributed by atoms with E-state index >= 15 is 0 Å². The summed E-state index contributed by atoms with van der Waals surface area (Å²) in [6.07, 6.45) is 0. The minimum absolute atomic E-state index is 0.0541. The monoisotopic (exact) mass is 216 g/mol. The van der Waals surface area contributed by atoms with Crippen LogP contribution in [0.1, 0.15) is 0 Å². The number of rotatable bonds is 0. The Balaban J connectivity index is 3.03. The third-order valence-electron chi connectivity index (χ3n) is 1.63. The Morgan fingerprint density at radius 2 is 2.23 bits per heavy atom. The fourth-order valence-electron chi connectivity index (χ4n) is 0.995. The Hall–Kier alpha value is -1.14. The number of nitrogen functional groups attached to an aromatic ring is 1. The van der Waals surface area contributed by atoms with Crippen molar-refractivity contribution in [3.8, 4) is 0 Å². The van der Waals surface area contributed by atoms with E-state index in [1.807, 2.05) is 0 Å². The van der Waals surface area contributed by atoms with Crippen molar-refractivity contribution in [2.45, 2.75) is 0 Å². The van der Waals surface area contributed by atoms with Crippen molar-refractivity contribution < 1.29 is 0 Å². The lowest BCUT2D eigenvalue weighted by molar-refractivity contribution is 0.915. The topological polar surface area (TPSA) is 73.8 Å². The quantitative estimate of drug-likeness (QED) is 0.656. The zero-order valence-electron chi connectivity index (χ0n) is 6.61. The Morgan fingerprint density at radius 1 is 1.54 bits per heavy atom. The summed E-state index contributed by atoms with van der Waals surface area (Å²) in [6.45, 7) is 0. The Bertz CT molecular complexity index is 531. The number of halogens is 1. The van der Waals surface area contributed by atoms with Crippen LogP contribution in [0.2, 0.25) is 5.28 Å². The number of hydrogen-bond donors (Lipinski definition) is 1. The summed E-state index contributed by atoms with van der Waals surface area (Å²) in [6, 6.07) is 0. The molecule has 0 unspecified atom stereocenters. The summed E-state index contributed by atoms with van der Waals surface area (Å²) in [7, 11) is 1.62. The maximum Gasteiger partial charge on any atom is 0.309 e. The molecular formula is C6H5ClN4OS. The fraction of sp³-hybridized carbons (Fsp3) is 0.167. The predicted octanol–water partition coefficient (Wildman–Crippen LogP) is 0.626. The molecule has 2 heterocycles. The first-order valence-corrected chi connectivity index (χ1v) is 4.57. The standard InChI is InChI=1S/C6H5ClN4OS/c1-11-4-2(13-6(11)12)3(8)9-5(7)10-4/h1H3,(H2,8,9,10). The van der Waals surface area contributed by atoms with Crippen molar-refractivity contribution in [2.24, 2.45) is 7.05 Å². The molecule has 0 fully saturated rings. The van der Waals surface area contributed by atoms with E-state index in [9.17, 15) is 4.79 Å². The number of nitrogens with two attached hydrogens (primary N) is 1. The van der Waals surface area contributed by atoms with Crippen molar-refractivity contribution in [3.63, 3.8) is 0 Å². The first kappa shape index (κ1) is 8.46. The van der Waals surface area contributed by atoms with Crippen LogP contribution in [0.3, 0.4) is 0 Å². The molecule has 5 nitrogen and oxygen atoms in total. The zero-order valence-corrected chi connectivity index (χ0v) is 8.19. The van der Waals surface area contributed by atoms with Crippen LogP contribution < -0.4 is 10.6 Å². The molecule has 7 heteroatoms. The van der Waals surface area contributed by atoms with Gasteiger partial charge in [-0.2, -0.15) is 9.97 Å². The third-order valence-corrected chi connectivity index (χ3v) is 2.84. The van der Waals surface area contributed by atoms with Crippen LogP contribution in [-0.2, 0) is 7.05 Å². The zero-order chi connectivity index (χ0) is 9.59. The van der Waals surface area contributed by atoms with Crippen LogP contribution in [0, 0.1) is 0 Å². The highest BCUT2D eigenvalue weighted by Gasteiger charge is 2.10. The van der Waals surface area contributed by atoms with E-state index in [2.05, 4.69) is 9.97 Å². The molecule has 0 atom stereocenters. The highest BCUT2D eigenvalue weighted by Crippen LogP contribution is 2.21. The van der Waals surface area contributed by atoms with Crippen LogP contribution in [0.25, 0.3) is 10.3 Å². The van der Waals surface area contributed by atoms with E-state index in [-0.39, 0.29) is 16.0 Å². The van der Waals surface area contributed by atoms with Gasteiger partial charge >= 0.3 is 4.87 Å². The molecule has 0 bridgehead atoms. The second-order valence-corrected chi connectivity index (χ2v) is 3.76. The SMILES string of the molecule is Cn1c(=O)sc2c(N)nc(Cl)nc21. The average Bonchev–Trinajstić information content (AvgIpc) is 2.32. The predicted molar refractivity (Wildman–Crippen MR) is 52.1 cm³/mol. The minimum Gasteiger partial charge on any atom is -0.382 e. The van der Waals surface area contributed by atoms with Crippen LogP contribution in [-0.4, -0.2) is 14.5 Å². The summed E-state index contributed by atoms with van der Waals surface area (Å²) >= 11 is 6.61. The molecule has 2 aromatic rings. The molecule has 0 saturated heterocycles. The number of fused-ring (bicyclic) bond motifs is 1. The van der Waals surface area contributed by atoms with E-state index < -0.39 is 0 Å². The number of hydrogen-bond acceptors (Lipinski definition) is 5. The van der Waals surface area contributed by atoms with Gasteiger partial charge in [-0.25, -0.2) is 0 Å². The molecule has 0 aliphatic carbocycles. The summed E-state index contributed by atoms with van der Waals surface area (Å²) < 4.78 is 1.97. The van der Waals surface area contributed by atoms with Crippen molar-refractivity contribution in [1.29, 1.82) is 0 Å². The second kappa shape index (κ2) is 2.68. The van der Waals surface area contributed by atoms with Gasteiger partial charge in [0.15, 0.2) is 5.65 Å². The summed E-state index contributed by atoms with van der Waals surface area (Å²) in [5.41, 5.74) is 6.04. The van der Waals surface area contributed by atoms with Gasteiger partial charge in [-0.05, 0) is 11.6 Å². The molecule has 0 amide bonds. The Kier molecular flexibility index (Phi) is 1.74. The van der Waals surface area contributed by atoms with Crippen LogP contribution in [0.15, 0.2) is 4.79 Å². The molecule has 13 heavy (non-hydrogen) atoms. The lowest BCUT2D eigenvalue weighted by atomic mass is 10.5. The number of anilines is 1. The van der Waals surface area contributed by atoms with Crippen molar-refractivity contribution >= 4 is 39.1 Å². The lowest BCUT2D eigenvalue weighted by Crippen LogP contribution is -2.07. The first-order valence-electron chi connectivity index (χ1n) is 3.38. The van der Waals surface area contributed by atoms with Crippen molar-refractivity contribution in [3.05, 3.63) is 15.0 Å². The molecule has 0 spiro atoms. The third kappa shape index (κ3) is 1.18. The lowest BCUT2D eigenvalue weighted by Gasteiger charge is -1.95. The van der Waals surface area contributed by atoms with Gasteiger partial charge in [-0.3, -0.25) is 9.36 Å². The average molecular weight is 217 g/mol. The molecule has 68 valence electrons. The van der Waals surface area contributed by atoms with E-state index in [4.69, 9.17) is 17.3 Å². The van der Waals surface area contributed by atoms with E-state index in [1.54, 1.807) is 7.05 Å². The molecule has 0 aliphatic heterocycles. The molecule has 2 N–H and O–H groups in total. The molecule has 0 saturated carbocycles. The maximum absolute atomic E-state index is 11.2. The molecule has 0 aromatic carbocycles. The van der Waals surface area contributed by atoms with Gasteiger partial charge < -0.3 is 5.73 Å². The van der Waals surface area contributed by atoms with Crippen molar-refractivity contribution in [1.82, 2.24) is 14.5 Å². The highest BCUT2D eigenvalue weighted by molar-refractivity contribution is 7.17. The normalized spacial score (nSPS) is 10.9. The van der Waals surface area contributed by atoms with Crippen molar-refractivity contribution in [2.75, 3.05) is 5.73 Å². The number of aryl methyl sites for hydroxylation is 1. The van der Waals surface area contributed by atoms with Gasteiger partial charge in [0, 0.05) is 7.05 Å². The summed E-state index contributed by atoms with van der Waals surface area (Å²) in [5.74, 6) is 0.248. The van der Waals surface area contributed by atoms with Gasteiger partial charge in [-0.15, -0.1) is 0 Å². The van der Waals surface area contributed by atoms with Crippen LogP contribution in [0.5, 0.6) is 0 Å². The Morgan fingerprint density at radius 3 is 2.92 bits per heavy atom.